The van der Waals surface area contributed by atoms with Crippen molar-refractivity contribution in [3.8, 4) is 0 Å². The minimum absolute atomic E-state index is 0. The van der Waals surface area contributed by atoms with E-state index in [-0.39, 0.29) is 24.8 Å². The van der Waals surface area contributed by atoms with Crippen LogP contribution in [0.3, 0.4) is 0 Å². The standard InChI is InChI=1S/C13H18BrN3.2ClH/c1-2-4-12(17-9-7-15-8-10-17)11-5-3-6-13(14)16-11;;/h2-3,5-6,12,15H,1,4,7-10H2;2*1H/t12-;;/m1../s1. The molecule has 1 saturated heterocycles. The Labute approximate surface area is 135 Å². The van der Waals surface area contributed by atoms with E-state index in [4.69, 9.17) is 0 Å². The van der Waals surface area contributed by atoms with E-state index in [1.807, 2.05) is 18.2 Å². The van der Waals surface area contributed by atoms with E-state index in [2.05, 4.69) is 43.8 Å². The zero-order valence-electron chi connectivity index (χ0n) is 10.7. The molecule has 1 aromatic heterocycles. The number of piperazine rings is 1. The highest BCUT2D eigenvalue weighted by Gasteiger charge is 2.21. The lowest BCUT2D eigenvalue weighted by molar-refractivity contribution is 0.171. The van der Waals surface area contributed by atoms with Gasteiger partial charge in [-0.15, -0.1) is 31.4 Å². The van der Waals surface area contributed by atoms with Crippen molar-refractivity contribution in [2.45, 2.75) is 12.5 Å². The SMILES string of the molecule is C=CC[C@H](c1cccc(Br)n1)N1CCNCC1.Cl.Cl. The Morgan fingerprint density at radius 3 is 2.63 bits per heavy atom. The van der Waals surface area contributed by atoms with E-state index in [1.54, 1.807) is 0 Å². The Morgan fingerprint density at radius 2 is 2.05 bits per heavy atom. The fraction of sp³-hybridized carbons (Fsp3) is 0.462. The molecule has 2 heterocycles. The molecule has 0 saturated carbocycles. The second-order valence-corrected chi connectivity index (χ2v) is 5.02. The highest BCUT2D eigenvalue weighted by molar-refractivity contribution is 9.10. The van der Waals surface area contributed by atoms with E-state index >= 15 is 0 Å². The van der Waals surface area contributed by atoms with Crippen molar-refractivity contribution in [1.29, 1.82) is 0 Å². The van der Waals surface area contributed by atoms with Crippen molar-refractivity contribution >= 4 is 40.7 Å². The summed E-state index contributed by atoms with van der Waals surface area (Å²) in [6.45, 7) is 8.13. The van der Waals surface area contributed by atoms with Gasteiger partial charge in [0.25, 0.3) is 0 Å². The first-order chi connectivity index (χ1) is 8.31. The third kappa shape index (κ3) is 5.40. The van der Waals surface area contributed by atoms with Gasteiger partial charge in [0, 0.05) is 26.2 Å². The van der Waals surface area contributed by atoms with Gasteiger partial charge in [-0.05, 0) is 34.5 Å². The van der Waals surface area contributed by atoms with Crippen LogP contribution in [0.4, 0.5) is 0 Å². The molecular formula is C13H20BrCl2N3. The molecular weight excluding hydrogens is 349 g/mol. The van der Waals surface area contributed by atoms with E-state index in [0.717, 1.165) is 42.9 Å². The molecule has 0 bridgehead atoms. The molecule has 0 amide bonds. The van der Waals surface area contributed by atoms with Crippen molar-refractivity contribution in [1.82, 2.24) is 15.2 Å². The summed E-state index contributed by atoms with van der Waals surface area (Å²) in [5.74, 6) is 0. The van der Waals surface area contributed by atoms with Crippen LogP contribution in [0.1, 0.15) is 18.2 Å². The Morgan fingerprint density at radius 1 is 1.37 bits per heavy atom. The third-order valence-corrected chi connectivity index (χ3v) is 3.50. The summed E-state index contributed by atoms with van der Waals surface area (Å²) in [5.41, 5.74) is 1.13. The topological polar surface area (TPSA) is 28.2 Å². The maximum absolute atomic E-state index is 4.57. The molecule has 6 heteroatoms. The Kier molecular flexibility index (Phi) is 9.66. The summed E-state index contributed by atoms with van der Waals surface area (Å²) in [4.78, 5) is 7.05. The van der Waals surface area contributed by atoms with Crippen LogP contribution in [0.25, 0.3) is 0 Å². The van der Waals surface area contributed by atoms with E-state index in [1.165, 1.54) is 0 Å². The first-order valence-electron chi connectivity index (χ1n) is 5.99. The maximum atomic E-state index is 4.57. The number of pyridine rings is 1. The molecule has 2 rings (SSSR count). The summed E-state index contributed by atoms with van der Waals surface area (Å²) in [6, 6.07) is 6.46. The van der Waals surface area contributed by atoms with Crippen molar-refractivity contribution in [3.05, 3.63) is 41.2 Å². The molecule has 1 atom stereocenters. The van der Waals surface area contributed by atoms with Gasteiger partial charge in [0.1, 0.15) is 4.60 Å². The molecule has 1 aromatic rings. The summed E-state index contributed by atoms with van der Waals surface area (Å²) < 4.78 is 0.902. The van der Waals surface area contributed by atoms with Crippen LogP contribution in [0.2, 0.25) is 0 Å². The summed E-state index contributed by atoms with van der Waals surface area (Å²) >= 11 is 3.44. The third-order valence-electron chi connectivity index (χ3n) is 3.06. The molecule has 108 valence electrons. The zero-order valence-corrected chi connectivity index (χ0v) is 13.9. The van der Waals surface area contributed by atoms with Crippen molar-refractivity contribution in [2.24, 2.45) is 0 Å². The van der Waals surface area contributed by atoms with Gasteiger partial charge in [-0.1, -0.05) is 12.1 Å². The minimum Gasteiger partial charge on any atom is -0.314 e. The first-order valence-corrected chi connectivity index (χ1v) is 6.78. The molecule has 3 nitrogen and oxygen atoms in total. The number of rotatable bonds is 4. The second-order valence-electron chi connectivity index (χ2n) is 4.21. The summed E-state index contributed by atoms with van der Waals surface area (Å²) in [6.07, 6.45) is 2.93. The molecule has 1 aliphatic heterocycles. The lowest BCUT2D eigenvalue weighted by atomic mass is 10.1. The Hall–Kier alpha value is -0.130. The molecule has 0 unspecified atom stereocenters. The lowest BCUT2D eigenvalue weighted by Gasteiger charge is -2.34. The average Bonchev–Trinajstić information content (AvgIpc) is 2.37. The predicted molar refractivity (Wildman–Crippen MR) is 88.4 cm³/mol. The fourth-order valence-electron chi connectivity index (χ4n) is 2.22. The number of hydrogen-bond donors (Lipinski definition) is 1. The molecule has 1 aliphatic rings. The molecule has 19 heavy (non-hydrogen) atoms. The van der Waals surface area contributed by atoms with Crippen LogP contribution < -0.4 is 5.32 Å². The normalized spacial score (nSPS) is 16.9. The van der Waals surface area contributed by atoms with Gasteiger partial charge in [-0.25, -0.2) is 4.98 Å². The van der Waals surface area contributed by atoms with Gasteiger partial charge in [0.15, 0.2) is 0 Å². The number of hydrogen-bond acceptors (Lipinski definition) is 3. The Balaban J connectivity index is 0.00000162. The average molecular weight is 369 g/mol. The van der Waals surface area contributed by atoms with Crippen LogP contribution >= 0.6 is 40.7 Å². The lowest BCUT2D eigenvalue weighted by Crippen LogP contribution is -2.45. The monoisotopic (exact) mass is 367 g/mol. The van der Waals surface area contributed by atoms with Gasteiger partial charge in [-0.3, -0.25) is 4.90 Å². The predicted octanol–water partition coefficient (Wildman–Crippen LogP) is 3.21. The van der Waals surface area contributed by atoms with Gasteiger partial charge in [0.05, 0.1) is 11.7 Å². The van der Waals surface area contributed by atoms with Gasteiger partial charge < -0.3 is 5.32 Å². The number of halogens is 3. The molecule has 0 aromatic carbocycles. The van der Waals surface area contributed by atoms with Gasteiger partial charge in [0.2, 0.25) is 0 Å². The van der Waals surface area contributed by atoms with Crippen LogP contribution in [0.5, 0.6) is 0 Å². The first kappa shape index (κ1) is 18.9. The van der Waals surface area contributed by atoms with Crippen LogP contribution in [-0.4, -0.2) is 36.1 Å². The molecule has 0 aliphatic carbocycles. The maximum Gasteiger partial charge on any atom is 0.106 e. The highest BCUT2D eigenvalue weighted by Crippen LogP contribution is 2.24. The highest BCUT2D eigenvalue weighted by atomic mass is 79.9. The van der Waals surface area contributed by atoms with Gasteiger partial charge >= 0.3 is 0 Å². The van der Waals surface area contributed by atoms with Crippen LogP contribution in [0.15, 0.2) is 35.5 Å². The quantitative estimate of drug-likeness (QED) is 0.653. The van der Waals surface area contributed by atoms with Crippen molar-refractivity contribution in [2.75, 3.05) is 26.2 Å². The van der Waals surface area contributed by atoms with Gasteiger partial charge in [-0.2, -0.15) is 0 Å². The molecule has 0 radical (unpaired) electrons. The van der Waals surface area contributed by atoms with Crippen LogP contribution in [-0.2, 0) is 0 Å². The van der Waals surface area contributed by atoms with E-state index in [0.29, 0.717) is 6.04 Å². The van der Waals surface area contributed by atoms with E-state index in [9.17, 15) is 0 Å². The zero-order chi connectivity index (χ0) is 12.1. The number of nitrogens with one attached hydrogen (secondary N) is 1. The smallest absolute Gasteiger partial charge is 0.106 e. The Bertz CT molecular complexity index is 384. The molecule has 1 N–H and O–H groups in total. The largest absolute Gasteiger partial charge is 0.314 e. The fourth-order valence-corrected chi connectivity index (χ4v) is 2.58. The summed E-state index contributed by atoms with van der Waals surface area (Å²) in [5, 5.41) is 3.38. The van der Waals surface area contributed by atoms with E-state index < -0.39 is 0 Å². The van der Waals surface area contributed by atoms with Crippen molar-refractivity contribution in [3.63, 3.8) is 0 Å². The molecule has 1 fully saturated rings. The van der Waals surface area contributed by atoms with Crippen LogP contribution in [0, 0.1) is 0 Å². The summed E-state index contributed by atoms with van der Waals surface area (Å²) in [7, 11) is 0. The van der Waals surface area contributed by atoms with Crippen molar-refractivity contribution < 1.29 is 0 Å². The second kappa shape index (κ2) is 9.72. The minimum atomic E-state index is 0. The number of nitrogens with zero attached hydrogens (tertiary/aromatic N) is 2. The number of aromatic nitrogens is 1. The molecule has 0 spiro atoms.